The van der Waals surface area contributed by atoms with Gasteiger partial charge in [0.2, 0.25) is 17.2 Å². The Balaban J connectivity index is 2.15. The second-order valence-corrected chi connectivity index (χ2v) is 4.61. The lowest BCUT2D eigenvalue weighted by molar-refractivity contribution is 0.568. The van der Waals surface area contributed by atoms with Crippen molar-refractivity contribution in [3.05, 3.63) is 5.28 Å². The molecule has 2 rings (SSSR count). The van der Waals surface area contributed by atoms with Gasteiger partial charge in [0.1, 0.15) is 0 Å². The molecule has 1 fully saturated rings. The molecule has 0 saturated carbocycles. The first-order chi connectivity index (χ1) is 8.22. The first-order valence-corrected chi connectivity index (χ1v) is 6.51. The predicted molar refractivity (Wildman–Crippen MR) is 69.6 cm³/mol. The molecule has 17 heavy (non-hydrogen) atoms. The molecule has 94 valence electrons. The van der Waals surface area contributed by atoms with E-state index in [-0.39, 0.29) is 5.28 Å². The van der Waals surface area contributed by atoms with Crippen molar-refractivity contribution >= 4 is 23.5 Å². The van der Waals surface area contributed by atoms with E-state index in [1.165, 1.54) is 12.8 Å². The van der Waals surface area contributed by atoms with E-state index in [0.717, 1.165) is 25.6 Å². The lowest BCUT2D eigenvalue weighted by Crippen LogP contribution is -2.23. The zero-order valence-corrected chi connectivity index (χ0v) is 11.0. The van der Waals surface area contributed by atoms with Crippen molar-refractivity contribution in [2.45, 2.75) is 26.7 Å². The molecule has 1 saturated heterocycles. The molecule has 0 amide bonds. The number of nitrogens with zero attached hydrogens (tertiary/aromatic N) is 4. The van der Waals surface area contributed by atoms with E-state index in [9.17, 15) is 0 Å². The maximum Gasteiger partial charge on any atom is 0.231 e. The Bertz CT molecular complexity index is 384. The number of aromatic nitrogens is 3. The molecule has 1 aromatic heterocycles. The fourth-order valence-electron chi connectivity index (χ4n) is 2.07. The van der Waals surface area contributed by atoms with Gasteiger partial charge in [-0.3, -0.25) is 0 Å². The highest BCUT2D eigenvalue weighted by Gasteiger charge is 2.23. The highest BCUT2D eigenvalue weighted by atomic mass is 35.5. The van der Waals surface area contributed by atoms with Crippen molar-refractivity contribution in [3.63, 3.8) is 0 Å². The number of rotatable bonds is 4. The second kappa shape index (κ2) is 5.49. The molecular formula is C11H18ClN5. The van der Waals surface area contributed by atoms with E-state index in [4.69, 9.17) is 11.6 Å². The van der Waals surface area contributed by atoms with E-state index < -0.39 is 0 Å². The molecule has 1 atom stereocenters. The van der Waals surface area contributed by atoms with Gasteiger partial charge in [0.25, 0.3) is 0 Å². The lowest BCUT2D eigenvalue weighted by atomic mass is 10.1. The summed E-state index contributed by atoms with van der Waals surface area (Å²) in [6.45, 7) is 7.02. The van der Waals surface area contributed by atoms with Gasteiger partial charge in [0, 0.05) is 19.6 Å². The van der Waals surface area contributed by atoms with Crippen molar-refractivity contribution in [1.82, 2.24) is 15.0 Å². The fraction of sp³-hybridized carbons (Fsp3) is 0.727. The van der Waals surface area contributed by atoms with Crippen molar-refractivity contribution in [3.8, 4) is 0 Å². The average molecular weight is 256 g/mol. The van der Waals surface area contributed by atoms with Crippen LogP contribution >= 0.6 is 11.6 Å². The summed E-state index contributed by atoms with van der Waals surface area (Å²) in [7, 11) is 0. The van der Waals surface area contributed by atoms with E-state index >= 15 is 0 Å². The fourth-order valence-corrected chi connectivity index (χ4v) is 2.22. The minimum atomic E-state index is 0.255. The Morgan fingerprint density at radius 1 is 1.35 bits per heavy atom. The van der Waals surface area contributed by atoms with Gasteiger partial charge in [-0.2, -0.15) is 15.0 Å². The minimum Gasteiger partial charge on any atom is -0.354 e. The zero-order chi connectivity index (χ0) is 12.3. The third kappa shape index (κ3) is 2.97. The standard InChI is InChI=1S/C11H18ClN5/c1-3-8-5-6-17(7-8)11-15-9(12)14-10(16-11)13-4-2/h8H,3-7H2,1-2H3,(H,13,14,15,16). The second-order valence-electron chi connectivity index (χ2n) is 4.27. The molecule has 1 N–H and O–H groups in total. The van der Waals surface area contributed by atoms with Crippen LogP contribution in [0.3, 0.4) is 0 Å². The number of nitrogens with one attached hydrogen (secondary N) is 1. The first-order valence-electron chi connectivity index (χ1n) is 6.13. The van der Waals surface area contributed by atoms with Crippen LogP contribution in [0.25, 0.3) is 0 Å². The van der Waals surface area contributed by atoms with Crippen LogP contribution in [0, 0.1) is 5.92 Å². The molecular weight excluding hydrogens is 238 g/mol. The highest BCUT2D eigenvalue weighted by Crippen LogP contribution is 2.24. The molecule has 0 aliphatic carbocycles. The molecule has 0 bridgehead atoms. The summed E-state index contributed by atoms with van der Waals surface area (Å²) in [5, 5.41) is 3.32. The molecule has 1 unspecified atom stereocenters. The van der Waals surface area contributed by atoms with Crippen molar-refractivity contribution < 1.29 is 0 Å². The Kier molecular flexibility index (Phi) is 3.99. The van der Waals surface area contributed by atoms with Crippen LogP contribution in [-0.2, 0) is 0 Å². The maximum atomic E-state index is 5.91. The quantitative estimate of drug-likeness (QED) is 0.894. The van der Waals surface area contributed by atoms with Gasteiger partial charge in [-0.05, 0) is 30.9 Å². The molecule has 0 radical (unpaired) electrons. The van der Waals surface area contributed by atoms with Crippen LogP contribution < -0.4 is 10.2 Å². The van der Waals surface area contributed by atoms with Gasteiger partial charge in [-0.15, -0.1) is 0 Å². The van der Waals surface area contributed by atoms with Gasteiger partial charge in [-0.25, -0.2) is 0 Å². The number of hydrogen-bond donors (Lipinski definition) is 1. The Morgan fingerprint density at radius 3 is 2.82 bits per heavy atom. The summed E-state index contributed by atoms with van der Waals surface area (Å²) in [6, 6.07) is 0. The third-order valence-corrected chi connectivity index (χ3v) is 3.25. The van der Waals surface area contributed by atoms with Crippen LogP contribution in [0.2, 0.25) is 5.28 Å². The average Bonchev–Trinajstić information content (AvgIpc) is 2.77. The lowest BCUT2D eigenvalue weighted by Gasteiger charge is -2.16. The normalized spacial score (nSPS) is 19.7. The molecule has 0 spiro atoms. The van der Waals surface area contributed by atoms with Crippen molar-refractivity contribution in [1.29, 1.82) is 0 Å². The van der Waals surface area contributed by atoms with Crippen molar-refractivity contribution in [2.24, 2.45) is 5.92 Å². The summed E-state index contributed by atoms with van der Waals surface area (Å²) < 4.78 is 0. The number of halogens is 1. The Labute approximate surface area is 107 Å². The zero-order valence-electron chi connectivity index (χ0n) is 10.3. The Morgan fingerprint density at radius 2 is 2.18 bits per heavy atom. The smallest absolute Gasteiger partial charge is 0.231 e. The number of anilines is 2. The Hall–Kier alpha value is -1.10. The van der Waals surface area contributed by atoms with E-state index in [2.05, 4.69) is 32.1 Å². The molecule has 0 aromatic carbocycles. The largest absolute Gasteiger partial charge is 0.354 e. The van der Waals surface area contributed by atoms with E-state index in [0.29, 0.717) is 11.9 Å². The summed E-state index contributed by atoms with van der Waals surface area (Å²) >= 11 is 5.91. The van der Waals surface area contributed by atoms with Crippen LogP contribution in [-0.4, -0.2) is 34.6 Å². The molecule has 2 heterocycles. The van der Waals surface area contributed by atoms with Gasteiger partial charge in [0.15, 0.2) is 0 Å². The van der Waals surface area contributed by atoms with E-state index in [1.54, 1.807) is 0 Å². The first kappa shape index (κ1) is 12.4. The highest BCUT2D eigenvalue weighted by molar-refractivity contribution is 6.28. The van der Waals surface area contributed by atoms with Gasteiger partial charge >= 0.3 is 0 Å². The van der Waals surface area contributed by atoms with Crippen molar-refractivity contribution in [2.75, 3.05) is 29.9 Å². The SMILES string of the molecule is CCNc1nc(Cl)nc(N2CCC(CC)C2)n1. The summed E-state index contributed by atoms with van der Waals surface area (Å²) in [5.74, 6) is 1.99. The third-order valence-electron chi connectivity index (χ3n) is 3.08. The van der Waals surface area contributed by atoms with Crippen LogP contribution in [0.4, 0.5) is 11.9 Å². The van der Waals surface area contributed by atoms with Crippen LogP contribution in [0.15, 0.2) is 0 Å². The number of hydrogen-bond acceptors (Lipinski definition) is 5. The molecule has 1 aromatic rings. The molecule has 1 aliphatic rings. The predicted octanol–water partition coefficient (Wildman–Crippen LogP) is 2.19. The molecule has 6 heteroatoms. The molecule has 1 aliphatic heterocycles. The van der Waals surface area contributed by atoms with Gasteiger partial charge < -0.3 is 10.2 Å². The topological polar surface area (TPSA) is 53.9 Å². The summed E-state index contributed by atoms with van der Waals surface area (Å²) in [5.41, 5.74) is 0. The summed E-state index contributed by atoms with van der Waals surface area (Å²) in [4.78, 5) is 14.8. The van der Waals surface area contributed by atoms with Gasteiger partial charge in [-0.1, -0.05) is 13.3 Å². The monoisotopic (exact) mass is 255 g/mol. The molecule has 5 nitrogen and oxygen atoms in total. The van der Waals surface area contributed by atoms with Gasteiger partial charge in [0.05, 0.1) is 0 Å². The van der Waals surface area contributed by atoms with E-state index in [1.807, 2.05) is 6.92 Å². The van der Waals surface area contributed by atoms with Crippen LogP contribution in [0.1, 0.15) is 26.7 Å². The summed E-state index contributed by atoms with van der Waals surface area (Å²) in [6.07, 6.45) is 2.41. The maximum absolute atomic E-state index is 5.91. The van der Waals surface area contributed by atoms with Crippen LogP contribution in [0.5, 0.6) is 0 Å². The minimum absolute atomic E-state index is 0.255.